The molecule has 0 amide bonds. The van der Waals surface area contributed by atoms with Gasteiger partial charge >= 0.3 is 0 Å². The van der Waals surface area contributed by atoms with Crippen LogP contribution < -0.4 is 5.73 Å². The molecule has 1 heterocycles. The zero-order chi connectivity index (χ0) is 11.5. The summed E-state index contributed by atoms with van der Waals surface area (Å²) in [5.41, 5.74) is 8.54. The second-order valence-electron chi connectivity index (χ2n) is 3.73. The molecule has 16 heavy (non-hydrogen) atoms. The summed E-state index contributed by atoms with van der Waals surface area (Å²) in [5.74, 6) is 0. The van der Waals surface area contributed by atoms with Crippen LogP contribution >= 0.6 is 0 Å². The highest BCUT2D eigenvalue weighted by Gasteiger charge is 2.12. The van der Waals surface area contributed by atoms with Gasteiger partial charge in [0.2, 0.25) is 0 Å². The van der Waals surface area contributed by atoms with Gasteiger partial charge < -0.3 is 10.8 Å². The van der Waals surface area contributed by atoms with E-state index >= 15 is 0 Å². The van der Waals surface area contributed by atoms with Gasteiger partial charge in [-0.1, -0.05) is 30.3 Å². The molecule has 4 heteroatoms. The molecule has 0 radical (unpaired) electrons. The summed E-state index contributed by atoms with van der Waals surface area (Å²) in [7, 11) is 1.83. The summed E-state index contributed by atoms with van der Waals surface area (Å²) >= 11 is 0. The molecular formula is C12H15N3O. The molecule has 2 rings (SSSR count). The maximum Gasteiger partial charge on any atom is 0.0926 e. The Kier molecular flexibility index (Phi) is 3.03. The Bertz CT molecular complexity index is 464. The summed E-state index contributed by atoms with van der Waals surface area (Å²) in [4.78, 5) is 0. The normalized spacial score (nSPS) is 12.7. The van der Waals surface area contributed by atoms with Crippen molar-refractivity contribution in [1.29, 1.82) is 0 Å². The standard InChI is InChI=1S/C12H15N3O/c1-15-12(10(13)8-16)7-11(14-15)9-5-3-2-4-6-9/h2-7,10,16H,8,13H2,1H3/t10-/m1/s1. The minimum absolute atomic E-state index is 0.0756. The molecule has 0 saturated carbocycles. The Balaban J connectivity index is 2.38. The molecule has 0 saturated heterocycles. The highest BCUT2D eigenvalue weighted by molar-refractivity contribution is 5.59. The molecule has 1 aromatic carbocycles. The van der Waals surface area contributed by atoms with Crippen LogP contribution in [0, 0.1) is 0 Å². The van der Waals surface area contributed by atoms with Gasteiger partial charge in [-0.25, -0.2) is 0 Å². The molecule has 0 fully saturated rings. The number of rotatable bonds is 3. The Morgan fingerprint density at radius 2 is 2.06 bits per heavy atom. The quantitative estimate of drug-likeness (QED) is 0.808. The van der Waals surface area contributed by atoms with Crippen molar-refractivity contribution in [2.45, 2.75) is 6.04 Å². The van der Waals surface area contributed by atoms with Gasteiger partial charge in [-0.15, -0.1) is 0 Å². The molecule has 0 spiro atoms. The highest BCUT2D eigenvalue weighted by Crippen LogP contribution is 2.20. The topological polar surface area (TPSA) is 64.1 Å². The zero-order valence-electron chi connectivity index (χ0n) is 9.17. The molecule has 1 atom stereocenters. The number of aliphatic hydroxyl groups excluding tert-OH is 1. The fourth-order valence-electron chi connectivity index (χ4n) is 1.67. The smallest absolute Gasteiger partial charge is 0.0926 e. The number of hydrogen-bond donors (Lipinski definition) is 2. The molecule has 3 N–H and O–H groups in total. The van der Waals surface area contributed by atoms with Crippen LogP contribution in [-0.4, -0.2) is 21.5 Å². The number of nitrogens with two attached hydrogens (primary N) is 1. The van der Waals surface area contributed by atoms with Gasteiger partial charge in [0.25, 0.3) is 0 Å². The van der Waals surface area contributed by atoms with Gasteiger partial charge in [0.05, 0.1) is 24.0 Å². The fourth-order valence-corrected chi connectivity index (χ4v) is 1.67. The van der Waals surface area contributed by atoms with Crippen molar-refractivity contribution in [2.75, 3.05) is 6.61 Å². The van der Waals surface area contributed by atoms with E-state index in [2.05, 4.69) is 5.10 Å². The van der Waals surface area contributed by atoms with Crippen LogP contribution in [0.5, 0.6) is 0 Å². The monoisotopic (exact) mass is 217 g/mol. The first-order valence-electron chi connectivity index (χ1n) is 5.18. The maximum atomic E-state index is 9.03. The van der Waals surface area contributed by atoms with Gasteiger partial charge in [0.1, 0.15) is 0 Å². The van der Waals surface area contributed by atoms with E-state index in [9.17, 15) is 0 Å². The molecule has 84 valence electrons. The molecule has 0 unspecified atom stereocenters. The first kappa shape index (κ1) is 10.9. The van der Waals surface area contributed by atoms with Crippen LogP contribution in [-0.2, 0) is 7.05 Å². The number of aryl methyl sites for hydroxylation is 1. The molecule has 1 aromatic heterocycles. The van der Waals surface area contributed by atoms with Crippen molar-refractivity contribution in [3.05, 3.63) is 42.1 Å². The summed E-state index contributed by atoms with van der Waals surface area (Å²) in [6.45, 7) is -0.0756. The van der Waals surface area contributed by atoms with E-state index in [-0.39, 0.29) is 12.6 Å². The number of nitrogens with zero attached hydrogens (tertiary/aromatic N) is 2. The van der Waals surface area contributed by atoms with Crippen LogP contribution in [0.3, 0.4) is 0 Å². The van der Waals surface area contributed by atoms with Crippen molar-refractivity contribution in [3.8, 4) is 11.3 Å². The third-order valence-corrected chi connectivity index (χ3v) is 2.56. The molecule has 4 nitrogen and oxygen atoms in total. The van der Waals surface area contributed by atoms with Crippen molar-refractivity contribution >= 4 is 0 Å². The van der Waals surface area contributed by atoms with Crippen LogP contribution in [0.1, 0.15) is 11.7 Å². The van der Waals surface area contributed by atoms with Gasteiger partial charge in [0.15, 0.2) is 0 Å². The lowest BCUT2D eigenvalue weighted by atomic mass is 10.1. The first-order valence-corrected chi connectivity index (χ1v) is 5.18. The predicted octanol–water partition coefficient (Wildman–Crippen LogP) is 1.08. The molecule has 0 aliphatic carbocycles. The largest absolute Gasteiger partial charge is 0.394 e. The van der Waals surface area contributed by atoms with Crippen molar-refractivity contribution in [2.24, 2.45) is 12.8 Å². The van der Waals surface area contributed by atoms with Crippen LogP contribution in [0.15, 0.2) is 36.4 Å². The highest BCUT2D eigenvalue weighted by atomic mass is 16.3. The third kappa shape index (κ3) is 1.98. The Labute approximate surface area is 94.3 Å². The lowest BCUT2D eigenvalue weighted by molar-refractivity contribution is 0.263. The molecule has 0 aliphatic heterocycles. The van der Waals surface area contributed by atoms with Crippen LogP contribution in [0.4, 0.5) is 0 Å². The first-order chi connectivity index (χ1) is 7.72. The zero-order valence-corrected chi connectivity index (χ0v) is 9.17. The van der Waals surface area contributed by atoms with E-state index in [1.165, 1.54) is 0 Å². The van der Waals surface area contributed by atoms with E-state index in [0.29, 0.717) is 0 Å². The molecule has 2 aromatic rings. The molecular weight excluding hydrogens is 202 g/mol. The van der Waals surface area contributed by atoms with E-state index in [4.69, 9.17) is 10.8 Å². The van der Waals surface area contributed by atoms with Gasteiger partial charge in [-0.2, -0.15) is 5.10 Å². The van der Waals surface area contributed by atoms with Crippen molar-refractivity contribution < 1.29 is 5.11 Å². The molecule has 0 aliphatic rings. The predicted molar refractivity (Wildman–Crippen MR) is 62.7 cm³/mol. The van der Waals surface area contributed by atoms with Gasteiger partial charge in [-0.05, 0) is 6.07 Å². The third-order valence-electron chi connectivity index (χ3n) is 2.56. The number of hydrogen-bond acceptors (Lipinski definition) is 3. The summed E-state index contributed by atoms with van der Waals surface area (Å²) in [5, 5.41) is 13.4. The van der Waals surface area contributed by atoms with Gasteiger partial charge in [-0.3, -0.25) is 4.68 Å². The minimum Gasteiger partial charge on any atom is -0.394 e. The summed E-state index contributed by atoms with van der Waals surface area (Å²) in [6, 6.07) is 11.4. The second kappa shape index (κ2) is 4.47. The average Bonchev–Trinajstić information content (AvgIpc) is 2.71. The number of aromatic nitrogens is 2. The second-order valence-corrected chi connectivity index (χ2v) is 3.73. The lowest BCUT2D eigenvalue weighted by Crippen LogP contribution is -2.17. The lowest BCUT2D eigenvalue weighted by Gasteiger charge is -2.06. The Hall–Kier alpha value is -1.65. The van der Waals surface area contributed by atoms with E-state index < -0.39 is 0 Å². The van der Waals surface area contributed by atoms with E-state index in [1.54, 1.807) is 4.68 Å². The summed E-state index contributed by atoms with van der Waals surface area (Å²) in [6.07, 6.45) is 0. The fraction of sp³-hybridized carbons (Fsp3) is 0.250. The molecule has 0 bridgehead atoms. The van der Waals surface area contributed by atoms with Crippen LogP contribution in [0.25, 0.3) is 11.3 Å². The van der Waals surface area contributed by atoms with Crippen LogP contribution in [0.2, 0.25) is 0 Å². The Morgan fingerprint density at radius 3 is 2.69 bits per heavy atom. The van der Waals surface area contributed by atoms with Crippen molar-refractivity contribution in [1.82, 2.24) is 9.78 Å². The van der Waals surface area contributed by atoms with E-state index in [1.807, 2.05) is 43.4 Å². The Morgan fingerprint density at radius 1 is 1.38 bits per heavy atom. The van der Waals surface area contributed by atoms with E-state index in [0.717, 1.165) is 17.0 Å². The number of aliphatic hydroxyl groups is 1. The summed E-state index contributed by atoms with van der Waals surface area (Å²) < 4.78 is 1.71. The number of benzene rings is 1. The average molecular weight is 217 g/mol. The minimum atomic E-state index is -0.380. The SMILES string of the molecule is Cn1nc(-c2ccccc2)cc1[C@H](N)CO. The van der Waals surface area contributed by atoms with Crippen molar-refractivity contribution in [3.63, 3.8) is 0 Å². The van der Waals surface area contributed by atoms with Gasteiger partial charge in [0, 0.05) is 12.6 Å². The maximum absolute atomic E-state index is 9.03.